The van der Waals surface area contributed by atoms with Crippen molar-refractivity contribution in [1.29, 1.82) is 0 Å². The summed E-state index contributed by atoms with van der Waals surface area (Å²) in [6, 6.07) is 6.94. The van der Waals surface area contributed by atoms with Crippen LogP contribution in [0.1, 0.15) is 44.9 Å². The van der Waals surface area contributed by atoms with E-state index in [4.69, 9.17) is 22.1 Å². The quantitative estimate of drug-likeness (QED) is 0.266. The maximum absolute atomic E-state index is 16.6. The summed E-state index contributed by atoms with van der Waals surface area (Å²) in [5.74, 6) is -3.37. The first kappa shape index (κ1) is 27.0. The highest BCUT2D eigenvalue weighted by Gasteiger charge is 2.45. The first-order chi connectivity index (χ1) is 19.7. The molecule has 0 radical (unpaired) electrons. The van der Waals surface area contributed by atoms with Gasteiger partial charge in [-0.3, -0.25) is 4.90 Å². The molecule has 3 aliphatic heterocycles. The Kier molecular flexibility index (Phi) is 6.67. The first-order valence-electron chi connectivity index (χ1n) is 14.1. The van der Waals surface area contributed by atoms with Crippen LogP contribution in [0.5, 0.6) is 6.01 Å². The van der Waals surface area contributed by atoms with Crippen molar-refractivity contribution < 1.29 is 17.9 Å². The normalized spacial score (nSPS) is 20.5. The Morgan fingerprint density at radius 1 is 1.00 bits per heavy atom. The Morgan fingerprint density at radius 2 is 1.80 bits per heavy atom. The molecule has 5 heterocycles. The molecule has 0 aliphatic carbocycles. The van der Waals surface area contributed by atoms with Crippen molar-refractivity contribution in [2.24, 2.45) is 0 Å². The number of nitrogens with two attached hydrogens (primary N) is 1. The number of hydrogen-bond donors (Lipinski definition) is 1. The van der Waals surface area contributed by atoms with E-state index in [1.54, 1.807) is 18.2 Å². The Hall–Kier alpha value is -2.89. The predicted molar refractivity (Wildman–Crippen MR) is 157 cm³/mol. The van der Waals surface area contributed by atoms with Gasteiger partial charge in [-0.1, -0.05) is 35.1 Å². The van der Waals surface area contributed by atoms with Gasteiger partial charge in [0, 0.05) is 29.5 Å². The fraction of sp³-hybridized carbons (Fsp3) is 0.483. The lowest BCUT2D eigenvalue weighted by Gasteiger charge is -2.31. The lowest BCUT2D eigenvalue weighted by atomic mass is 9.95. The van der Waals surface area contributed by atoms with E-state index in [0.717, 1.165) is 43.5 Å². The average Bonchev–Trinajstić information content (AvgIpc) is 3.59. The molecule has 216 valence electrons. The van der Waals surface area contributed by atoms with Crippen LogP contribution >= 0.6 is 22.9 Å². The Balaban J connectivity index is 1.38. The number of rotatable bonds is 5. The van der Waals surface area contributed by atoms with Crippen LogP contribution in [0.2, 0.25) is 5.02 Å². The highest BCUT2D eigenvalue weighted by Crippen LogP contribution is 2.43. The highest BCUT2D eigenvalue weighted by molar-refractivity contribution is 7.22. The molecule has 2 N–H and O–H groups in total. The van der Waals surface area contributed by atoms with Crippen LogP contribution < -0.4 is 15.4 Å². The molecule has 0 bridgehead atoms. The molecular weight excluding hydrogens is 573 g/mol. The van der Waals surface area contributed by atoms with Crippen molar-refractivity contribution in [3.8, 4) is 17.1 Å². The van der Waals surface area contributed by atoms with E-state index in [0.29, 0.717) is 42.2 Å². The van der Waals surface area contributed by atoms with Gasteiger partial charge in [-0.2, -0.15) is 9.97 Å². The monoisotopic (exact) mass is 602 g/mol. The molecule has 3 saturated heterocycles. The van der Waals surface area contributed by atoms with Crippen molar-refractivity contribution in [2.75, 3.05) is 43.4 Å². The Morgan fingerprint density at radius 3 is 2.61 bits per heavy atom. The number of aromatic nitrogens is 3. The molecule has 2 aromatic carbocycles. The van der Waals surface area contributed by atoms with E-state index >= 15 is 4.39 Å². The van der Waals surface area contributed by atoms with Gasteiger partial charge in [0.2, 0.25) is 0 Å². The molecule has 2 aromatic heterocycles. The molecule has 0 atom stereocenters. The van der Waals surface area contributed by atoms with Gasteiger partial charge in [-0.05, 0) is 63.7 Å². The zero-order valence-corrected chi connectivity index (χ0v) is 24.0. The highest BCUT2D eigenvalue weighted by atomic mass is 35.5. The van der Waals surface area contributed by atoms with Crippen molar-refractivity contribution in [2.45, 2.75) is 56.4 Å². The van der Waals surface area contributed by atoms with Gasteiger partial charge in [0.1, 0.15) is 17.9 Å². The minimum Gasteiger partial charge on any atom is -0.461 e. The summed E-state index contributed by atoms with van der Waals surface area (Å²) in [5.41, 5.74) is 6.99. The number of para-hydroxylation sites is 1. The fourth-order valence-electron chi connectivity index (χ4n) is 6.84. The lowest BCUT2D eigenvalue weighted by molar-refractivity contribution is 0.00337. The molecule has 4 aromatic rings. The number of nitrogen functional groups attached to an aromatic ring is 1. The van der Waals surface area contributed by atoms with Crippen molar-refractivity contribution in [3.63, 3.8) is 0 Å². The first-order valence-corrected chi connectivity index (χ1v) is 15.3. The number of halogens is 4. The standard InChI is InChI=1S/C29H30ClF3N6OS/c30-19-14-18-24(22(31)21(19)17-6-3-7-20-23(17)35-26(34)41-20)36-27(40-16-28-8-4-12-39(28)13-5-9-28)37-25(18)38-11-2-1-10-29(32,33)15-38/h3,6-7,14H,1-2,4-5,8-13,15-16H2,(H2,34,35). The molecule has 7 nitrogen and oxygen atoms in total. The van der Waals surface area contributed by atoms with Crippen LogP contribution in [0.15, 0.2) is 24.3 Å². The van der Waals surface area contributed by atoms with Crippen molar-refractivity contribution in [3.05, 3.63) is 35.1 Å². The van der Waals surface area contributed by atoms with E-state index in [9.17, 15) is 8.78 Å². The zero-order valence-electron chi connectivity index (χ0n) is 22.4. The van der Waals surface area contributed by atoms with Crippen LogP contribution in [-0.4, -0.2) is 64.1 Å². The summed E-state index contributed by atoms with van der Waals surface area (Å²) >= 11 is 8.04. The van der Waals surface area contributed by atoms with Gasteiger partial charge in [0.15, 0.2) is 10.9 Å². The molecule has 0 amide bonds. The van der Waals surface area contributed by atoms with Crippen LogP contribution in [0, 0.1) is 5.82 Å². The van der Waals surface area contributed by atoms with E-state index in [-0.39, 0.29) is 45.3 Å². The summed E-state index contributed by atoms with van der Waals surface area (Å²) < 4.78 is 53.1. The molecule has 7 rings (SSSR count). The number of ether oxygens (including phenoxy) is 1. The van der Waals surface area contributed by atoms with Gasteiger partial charge in [0.05, 0.1) is 27.3 Å². The third kappa shape index (κ3) is 4.75. The summed E-state index contributed by atoms with van der Waals surface area (Å²) in [7, 11) is 0. The lowest BCUT2D eigenvalue weighted by Crippen LogP contribution is -2.43. The molecule has 0 unspecified atom stereocenters. The van der Waals surface area contributed by atoms with Gasteiger partial charge in [-0.25, -0.2) is 18.2 Å². The number of alkyl halides is 2. The summed E-state index contributed by atoms with van der Waals surface area (Å²) in [6.45, 7) is 2.26. The van der Waals surface area contributed by atoms with Gasteiger partial charge in [-0.15, -0.1) is 0 Å². The number of hydrogen-bond acceptors (Lipinski definition) is 8. The summed E-state index contributed by atoms with van der Waals surface area (Å²) in [4.78, 5) is 17.5. The fourth-order valence-corrected chi connectivity index (χ4v) is 7.90. The number of fused-ring (bicyclic) bond motifs is 3. The largest absolute Gasteiger partial charge is 0.461 e. The van der Waals surface area contributed by atoms with Gasteiger partial charge < -0.3 is 15.4 Å². The number of benzene rings is 2. The van der Waals surface area contributed by atoms with Crippen LogP contribution in [0.3, 0.4) is 0 Å². The minimum atomic E-state index is -2.90. The van der Waals surface area contributed by atoms with E-state index in [1.807, 2.05) is 6.07 Å². The molecule has 12 heteroatoms. The van der Waals surface area contributed by atoms with E-state index in [1.165, 1.54) is 16.2 Å². The van der Waals surface area contributed by atoms with E-state index in [2.05, 4.69) is 19.9 Å². The molecule has 3 aliphatic rings. The molecular formula is C29H30ClF3N6OS. The zero-order chi connectivity index (χ0) is 28.4. The van der Waals surface area contributed by atoms with Crippen molar-refractivity contribution in [1.82, 2.24) is 19.9 Å². The number of anilines is 2. The van der Waals surface area contributed by atoms with Crippen LogP contribution in [0.4, 0.5) is 24.1 Å². The number of nitrogens with zero attached hydrogens (tertiary/aromatic N) is 5. The molecule has 0 saturated carbocycles. The maximum Gasteiger partial charge on any atom is 0.319 e. The summed E-state index contributed by atoms with van der Waals surface area (Å²) in [6.07, 6.45) is 4.99. The minimum absolute atomic E-state index is 0.0172. The van der Waals surface area contributed by atoms with Gasteiger partial charge >= 0.3 is 6.01 Å². The topological polar surface area (TPSA) is 80.4 Å². The van der Waals surface area contributed by atoms with E-state index < -0.39 is 18.3 Å². The molecule has 3 fully saturated rings. The maximum atomic E-state index is 16.6. The molecule has 41 heavy (non-hydrogen) atoms. The average molecular weight is 603 g/mol. The number of thiazole rings is 1. The second-order valence-electron chi connectivity index (χ2n) is 11.4. The van der Waals surface area contributed by atoms with Gasteiger partial charge in [0.25, 0.3) is 5.92 Å². The Bertz CT molecular complexity index is 1640. The Labute approximate surface area is 244 Å². The second kappa shape index (κ2) is 10.1. The third-order valence-electron chi connectivity index (χ3n) is 8.77. The second-order valence-corrected chi connectivity index (χ2v) is 12.9. The molecule has 0 spiro atoms. The smallest absolute Gasteiger partial charge is 0.319 e. The van der Waals surface area contributed by atoms with Crippen LogP contribution in [-0.2, 0) is 0 Å². The third-order valence-corrected chi connectivity index (χ3v) is 9.92. The predicted octanol–water partition coefficient (Wildman–Crippen LogP) is 6.91. The van der Waals surface area contributed by atoms with Crippen molar-refractivity contribution >= 4 is 55.0 Å². The van der Waals surface area contributed by atoms with Crippen LogP contribution in [0.25, 0.3) is 32.2 Å². The summed E-state index contributed by atoms with van der Waals surface area (Å²) in [5, 5.41) is 0.743. The SMILES string of the molecule is Nc1nc2c(-c3c(Cl)cc4c(N5CCCCC(F)(F)C5)nc(OCC56CCCN5CCC6)nc4c3F)cccc2s1.